The lowest BCUT2D eigenvalue weighted by molar-refractivity contribution is -0.136. The fraction of sp³-hybridized carbons (Fsp3) is 0.0303. The molecule has 0 radical (unpaired) electrons. The predicted molar refractivity (Wildman–Crippen MR) is 157 cm³/mol. The highest BCUT2D eigenvalue weighted by atomic mass is 35.5. The van der Waals surface area contributed by atoms with Crippen LogP contribution in [0.5, 0.6) is 0 Å². The first kappa shape index (κ1) is 27.1. The number of hydrogen-bond acceptors (Lipinski definition) is 5. The van der Waals surface area contributed by atoms with Crippen molar-refractivity contribution < 1.29 is 19.4 Å². The Labute approximate surface area is 241 Å². The maximum atomic E-state index is 12.4. The fourth-order valence-corrected chi connectivity index (χ4v) is 4.81. The van der Waals surface area contributed by atoms with Gasteiger partial charge in [-0.3, -0.25) is 9.36 Å². The van der Waals surface area contributed by atoms with Crippen LogP contribution in [0.1, 0.15) is 22.8 Å². The molecule has 0 fully saturated rings. The largest absolute Gasteiger partial charge is 0.478 e. The molecule has 1 N–H and O–H groups in total. The number of allylic oxidation sites excluding steroid dienone is 1. The number of carbonyl (C=O) groups excluding carboxylic acids is 1. The number of benzene rings is 4. The number of carbonyl (C=O) groups is 2. The van der Waals surface area contributed by atoms with E-state index in [0.29, 0.717) is 39.0 Å². The molecule has 8 heteroatoms. The third-order valence-corrected chi connectivity index (χ3v) is 6.56. The molecular weight excluding hydrogens is 538 g/mol. The Morgan fingerprint density at radius 1 is 0.927 bits per heavy atom. The van der Waals surface area contributed by atoms with Gasteiger partial charge in [-0.25, -0.2) is 9.78 Å². The number of carboxylic acids is 1. The number of rotatable bonds is 7. The minimum Gasteiger partial charge on any atom is -0.478 e. The zero-order valence-corrected chi connectivity index (χ0v) is 22.5. The van der Waals surface area contributed by atoms with Gasteiger partial charge in [-0.1, -0.05) is 90.5 Å². The molecule has 0 unspecified atom stereocenters. The SMILES string of the molecule is CC(=O)OC(C#N)=Cc1ccc(-c2nc(-c3ccccc3)c(-c3ccccc3)n2-c2ccccc2C(=O)O)c(Cl)c1. The maximum Gasteiger partial charge on any atom is 0.337 e. The van der Waals surface area contributed by atoms with Crippen molar-refractivity contribution in [2.45, 2.75) is 6.92 Å². The summed E-state index contributed by atoms with van der Waals surface area (Å²) in [5.74, 6) is -1.43. The van der Waals surface area contributed by atoms with Crippen molar-refractivity contribution in [3.63, 3.8) is 0 Å². The molecule has 0 amide bonds. The van der Waals surface area contributed by atoms with Crippen LogP contribution >= 0.6 is 11.6 Å². The van der Waals surface area contributed by atoms with Gasteiger partial charge in [0.2, 0.25) is 5.76 Å². The van der Waals surface area contributed by atoms with Crippen LogP contribution in [0.2, 0.25) is 5.02 Å². The molecule has 0 atom stereocenters. The molecule has 1 aromatic heterocycles. The van der Waals surface area contributed by atoms with Crippen molar-refractivity contribution in [3.05, 3.63) is 125 Å². The highest BCUT2D eigenvalue weighted by molar-refractivity contribution is 6.33. The minimum atomic E-state index is -1.08. The Morgan fingerprint density at radius 3 is 2.17 bits per heavy atom. The summed E-state index contributed by atoms with van der Waals surface area (Å²) in [6, 6.07) is 32.9. The van der Waals surface area contributed by atoms with E-state index in [2.05, 4.69) is 0 Å². The summed E-state index contributed by atoms with van der Waals surface area (Å²) in [7, 11) is 0. The Morgan fingerprint density at radius 2 is 1.56 bits per heavy atom. The van der Waals surface area contributed by atoms with E-state index in [0.717, 1.165) is 11.1 Å². The second kappa shape index (κ2) is 11.7. The number of hydrogen-bond donors (Lipinski definition) is 1. The third-order valence-electron chi connectivity index (χ3n) is 6.24. The number of esters is 1. The fourth-order valence-electron chi connectivity index (χ4n) is 4.54. The van der Waals surface area contributed by atoms with E-state index < -0.39 is 11.9 Å². The first-order valence-corrected chi connectivity index (χ1v) is 12.9. The second-order valence-electron chi connectivity index (χ2n) is 8.98. The van der Waals surface area contributed by atoms with Crippen LogP contribution in [0, 0.1) is 11.3 Å². The first-order chi connectivity index (χ1) is 19.9. The first-order valence-electron chi connectivity index (χ1n) is 12.5. The molecule has 5 aromatic rings. The van der Waals surface area contributed by atoms with E-state index in [4.69, 9.17) is 21.3 Å². The molecule has 4 aromatic carbocycles. The second-order valence-corrected chi connectivity index (χ2v) is 9.38. The number of ether oxygens (including phenoxy) is 1. The monoisotopic (exact) mass is 559 g/mol. The highest BCUT2D eigenvalue weighted by Crippen LogP contribution is 2.41. The molecular formula is C33H22ClN3O4. The van der Waals surface area contributed by atoms with Gasteiger partial charge in [0, 0.05) is 23.6 Å². The molecule has 0 aliphatic heterocycles. The van der Waals surface area contributed by atoms with Crippen molar-refractivity contribution in [1.82, 2.24) is 9.55 Å². The summed E-state index contributed by atoms with van der Waals surface area (Å²) in [6.45, 7) is 1.21. The normalized spacial score (nSPS) is 11.1. The molecule has 0 bridgehead atoms. The van der Waals surface area contributed by atoms with Crippen LogP contribution in [0.3, 0.4) is 0 Å². The molecule has 0 saturated heterocycles. The Bertz CT molecular complexity index is 1840. The summed E-state index contributed by atoms with van der Waals surface area (Å²) in [5, 5.41) is 19.7. The molecule has 5 rings (SSSR count). The molecule has 41 heavy (non-hydrogen) atoms. The zero-order valence-electron chi connectivity index (χ0n) is 21.8. The van der Waals surface area contributed by atoms with Gasteiger partial charge in [0.1, 0.15) is 11.9 Å². The predicted octanol–water partition coefficient (Wildman–Crippen LogP) is 7.65. The van der Waals surface area contributed by atoms with Gasteiger partial charge in [0.25, 0.3) is 0 Å². The van der Waals surface area contributed by atoms with Gasteiger partial charge in [0.15, 0.2) is 0 Å². The molecule has 200 valence electrons. The molecule has 0 saturated carbocycles. The topological polar surface area (TPSA) is 105 Å². The third kappa shape index (κ3) is 5.64. The number of aromatic nitrogens is 2. The molecule has 0 spiro atoms. The van der Waals surface area contributed by atoms with Crippen LogP contribution in [0.15, 0.2) is 109 Å². The van der Waals surface area contributed by atoms with Gasteiger partial charge >= 0.3 is 11.9 Å². The standard InChI is InChI=1S/C33H22ClN3O4/c1-21(38)41-25(20-35)18-22-16-17-26(28(34)19-22)32-36-30(23-10-4-2-5-11-23)31(24-12-6-3-7-13-24)37(32)29-15-9-8-14-27(29)33(39)40/h2-19H,1H3,(H,39,40). The van der Waals surface area contributed by atoms with E-state index in [9.17, 15) is 20.0 Å². The quantitative estimate of drug-likeness (QED) is 0.125. The number of para-hydroxylation sites is 1. The lowest BCUT2D eigenvalue weighted by Crippen LogP contribution is -2.08. The number of halogens is 1. The lowest BCUT2D eigenvalue weighted by Gasteiger charge is -2.16. The average molecular weight is 560 g/mol. The lowest BCUT2D eigenvalue weighted by atomic mass is 10.0. The van der Waals surface area contributed by atoms with Gasteiger partial charge in [-0.2, -0.15) is 5.26 Å². The van der Waals surface area contributed by atoms with Crippen molar-refractivity contribution in [1.29, 1.82) is 5.26 Å². The molecule has 7 nitrogen and oxygen atoms in total. The van der Waals surface area contributed by atoms with Crippen LogP contribution < -0.4 is 0 Å². The van der Waals surface area contributed by atoms with E-state index in [1.54, 1.807) is 42.5 Å². The molecule has 1 heterocycles. The van der Waals surface area contributed by atoms with Crippen LogP contribution in [0.4, 0.5) is 0 Å². The summed E-state index contributed by atoms with van der Waals surface area (Å²) in [5.41, 5.74) is 4.61. The van der Waals surface area contributed by atoms with E-state index in [1.807, 2.05) is 71.3 Å². The number of imidazole rings is 1. The Kier molecular flexibility index (Phi) is 7.77. The van der Waals surface area contributed by atoms with Crippen LogP contribution in [-0.4, -0.2) is 26.6 Å². The highest BCUT2D eigenvalue weighted by Gasteiger charge is 2.26. The number of aromatic carboxylic acids is 1. The minimum absolute atomic E-state index is 0.0960. The van der Waals surface area contributed by atoms with Crippen molar-refractivity contribution in [2.75, 3.05) is 0 Å². The van der Waals surface area contributed by atoms with Crippen molar-refractivity contribution in [2.24, 2.45) is 0 Å². The van der Waals surface area contributed by atoms with Gasteiger partial charge in [-0.05, 0) is 35.9 Å². The Hall–Kier alpha value is -5.45. The van der Waals surface area contributed by atoms with E-state index in [1.165, 1.54) is 13.0 Å². The van der Waals surface area contributed by atoms with Crippen LogP contribution in [-0.2, 0) is 9.53 Å². The van der Waals surface area contributed by atoms with Crippen LogP contribution in [0.25, 0.3) is 45.7 Å². The smallest absolute Gasteiger partial charge is 0.337 e. The van der Waals surface area contributed by atoms with Gasteiger partial charge in [0.05, 0.1) is 27.7 Å². The molecule has 0 aliphatic carbocycles. The van der Waals surface area contributed by atoms with Crippen molar-refractivity contribution in [3.8, 4) is 45.7 Å². The average Bonchev–Trinajstić information content (AvgIpc) is 3.37. The summed E-state index contributed by atoms with van der Waals surface area (Å²) in [4.78, 5) is 28.7. The number of nitrogens with zero attached hydrogens (tertiary/aromatic N) is 3. The maximum absolute atomic E-state index is 12.4. The zero-order chi connectivity index (χ0) is 28.9. The van der Waals surface area contributed by atoms with E-state index in [-0.39, 0.29) is 11.3 Å². The molecule has 0 aliphatic rings. The summed E-state index contributed by atoms with van der Waals surface area (Å²) < 4.78 is 6.75. The summed E-state index contributed by atoms with van der Waals surface area (Å²) >= 11 is 6.82. The van der Waals surface area contributed by atoms with E-state index >= 15 is 0 Å². The van der Waals surface area contributed by atoms with Gasteiger partial charge in [-0.15, -0.1) is 0 Å². The number of carboxylic acid groups (broad SMARTS) is 1. The van der Waals surface area contributed by atoms with Gasteiger partial charge < -0.3 is 9.84 Å². The van der Waals surface area contributed by atoms with Crippen molar-refractivity contribution >= 4 is 29.6 Å². The Balaban J connectivity index is 1.82. The summed E-state index contributed by atoms with van der Waals surface area (Å²) in [6.07, 6.45) is 1.41. The number of nitriles is 1.